The molecule has 0 aliphatic heterocycles. The SMILES string of the molecule is CCN(CC1CCC1)c1ccc(/C(N)=N/O)nc1. The van der Waals surface area contributed by atoms with Crippen LogP contribution in [0.15, 0.2) is 23.5 Å². The number of nitrogens with two attached hydrogens (primary N) is 1. The Bertz CT molecular complexity index is 412. The fraction of sp³-hybridized carbons (Fsp3) is 0.538. The average molecular weight is 248 g/mol. The van der Waals surface area contributed by atoms with Crippen LogP contribution in [0.4, 0.5) is 5.69 Å². The van der Waals surface area contributed by atoms with Gasteiger partial charge in [-0.2, -0.15) is 0 Å². The molecule has 5 nitrogen and oxygen atoms in total. The van der Waals surface area contributed by atoms with Gasteiger partial charge in [-0.1, -0.05) is 11.6 Å². The standard InChI is InChI=1S/C13H20N4O/c1-2-17(9-10-4-3-5-10)11-6-7-12(15-8-11)13(14)16-18/h6-8,10,18H,2-5,9H2,1H3,(H2,14,16). The van der Waals surface area contributed by atoms with Crippen molar-refractivity contribution in [3.63, 3.8) is 0 Å². The Balaban J connectivity index is 2.06. The van der Waals surface area contributed by atoms with Crippen LogP contribution < -0.4 is 10.6 Å². The van der Waals surface area contributed by atoms with Crippen LogP contribution in [-0.4, -0.2) is 29.1 Å². The third kappa shape index (κ3) is 2.72. The minimum atomic E-state index is 0.0450. The molecule has 3 N–H and O–H groups in total. The molecular formula is C13H20N4O. The highest BCUT2D eigenvalue weighted by atomic mass is 16.4. The maximum absolute atomic E-state index is 8.58. The number of amidine groups is 1. The van der Waals surface area contributed by atoms with Gasteiger partial charge in [-0.15, -0.1) is 0 Å². The van der Waals surface area contributed by atoms with Gasteiger partial charge in [0.05, 0.1) is 11.9 Å². The molecule has 0 spiro atoms. The molecule has 0 amide bonds. The summed E-state index contributed by atoms with van der Waals surface area (Å²) in [5.41, 5.74) is 7.09. The van der Waals surface area contributed by atoms with E-state index < -0.39 is 0 Å². The second-order valence-corrected chi connectivity index (χ2v) is 4.72. The van der Waals surface area contributed by atoms with Crippen LogP contribution in [0.2, 0.25) is 0 Å². The van der Waals surface area contributed by atoms with E-state index in [4.69, 9.17) is 10.9 Å². The molecule has 1 heterocycles. The maximum Gasteiger partial charge on any atom is 0.188 e. The summed E-state index contributed by atoms with van der Waals surface area (Å²) in [4.78, 5) is 6.54. The van der Waals surface area contributed by atoms with E-state index in [0.29, 0.717) is 5.69 Å². The molecule has 5 heteroatoms. The molecule has 0 bridgehead atoms. The Hall–Kier alpha value is -1.78. The zero-order valence-corrected chi connectivity index (χ0v) is 10.7. The van der Waals surface area contributed by atoms with Crippen LogP contribution in [0.1, 0.15) is 31.9 Å². The van der Waals surface area contributed by atoms with Crippen molar-refractivity contribution < 1.29 is 5.21 Å². The molecule has 1 fully saturated rings. The van der Waals surface area contributed by atoms with Gasteiger partial charge >= 0.3 is 0 Å². The van der Waals surface area contributed by atoms with Crippen molar-refractivity contribution >= 4 is 11.5 Å². The van der Waals surface area contributed by atoms with Gasteiger partial charge in [-0.25, -0.2) is 0 Å². The lowest BCUT2D eigenvalue weighted by atomic mass is 9.85. The number of anilines is 1. The summed E-state index contributed by atoms with van der Waals surface area (Å²) >= 11 is 0. The van der Waals surface area contributed by atoms with E-state index in [-0.39, 0.29) is 5.84 Å². The van der Waals surface area contributed by atoms with Gasteiger partial charge in [-0.3, -0.25) is 4.98 Å². The second-order valence-electron chi connectivity index (χ2n) is 4.72. The van der Waals surface area contributed by atoms with Gasteiger partial charge in [0.25, 0.3) is 0 Å². The molecule has 1 aromatic heterocycles. The first-order valence-corrected chi connectivity index (χ1v) is 6.43. The van der Waals surface area contributed by atoms with Crippen molar-refractivity contribution in [2.24, 2.45) is 16.8 Å². The highest BCUT2D eigenvalue weighted by molar-refractivity contribution is 5.95. The van der Waals surface area contributed by atoms with Crippen LogP contribution in [0.3, 0.4) is 0 Å². The number of rotatable bonds is 5. The normalized spacial score (nSPS) is 16.4. The molecule has 2 rings (SSSR count). The Morgan fingerprint density at radius 1 is 1.56 bits per heavy atom. The van der Waals surface area contributed by atoms with E-state index in [0.717, 1.165) is 24.7 Å². The van der Waals surface area contributed by atoms with Crippen LogP contribution in [0, 0.1) is 5.92 Å². The summed E-state index contributed by atoms with van der Waals surface area (Å²) in [6.45, 7) is 4.22. The summed E-state index contributed by atoms with van der Waals surface area (Å²) < 4.78 is 0. The first kappa shape index (κ1) is 12.7. The summed E-state index contributed by atoms with van der Waals surface area (Å²) in [6.07, 6.45) is 5.83. The maximum atomic E-state index is 8.58. The Labute approximate surface area is 107 Å². The summed E-state index contributed by atoms with van der Waals surface area (Å²) in [6, 6.07) is 3.76. The number of hydrogen-bond acceptors (Lipinski definition) is 4. The first-order chi connectivity index (χ1) is 8.74. The number of nitrogens with zero attached hydrogens (tertiary/aromatic N) is 3. The Kier molecular flexibility index (Phi) is 4.02. The largest absolute Gasteiger partial charge is 0.409 e. The molecule has 1 aliphatic carbocycles. The van der Waals surface area contributed by atoms with E-state index in [2.05, 4.69) is 22.0 Å². The monoisotopic (exact) mass is 248 g/mol. The Morgan fingerprint density at radius 2 is 2.33 bits per heavy atom. The van der Waals surface area contributed by atoms with E-state index in [1.807, 2.05) is 6.07 Å². The summed E-state index contributed by atoms with van der Waals surface area (Å²) in [5.74, 6) is 0.872. The van der Waals surface area contributed by atoms with E-state index in [9.17, 15) is 0 Å². The van der Waals surface area contributed by atoms with Gasteiger partial charge in [0.15, 0.2) is 5.84 Å². The van der Waals surface area contributed by atoms with Crippen molar-refractivity contribution in [2.75, 3.05) is 18.0 Å². The zero-order valence-electron chi connectivity index (χ0n) is 10.7. The second kappa shape index (κ2) is 5.71. The molecule has 0 unspecified atom stereocenters. The number of aromatic nitrogens is 1. The molecule has 0 atom stereocenters. The average Bonchev–Trinajstić information content (AvgIpc) is 2.37. The van der Waals surface area contributed by atoms with Crippen LogP contribution in [-0.2, 0) is 0 Å². The van der Waals surface area contributed by atoms with Crippen LogP contribution in [0.5, 0.6) is 0 Å². The van der Waals surface area contributed by atoms with Crippen LogP contribution >= 0.6 is 0 Å². The predicted molar refractivity (Wildman–Crippen MR) is 72.0 cm³/mol. The predicted octanol–water partition coefficient (Wildman–Crippen LogP) is 1.80. The fourth-order valence-electron chi connectivity index (χ4n) is 2.18. The zero-order chi connectivity index (χ0) is 13.0. The van der Waals surface area contributed by atoms with Gasteiger partial charge in [0.1, 0.15) is 5.69 Å². The third-order valence-corrected chi connectivity index (χ3v) is 3.57. The molecule has 0 aromatic carbocycles. The lowest BCUT2D eigenvalue weighted by Gasteiger charge is -2.33. The molecule has 1 aromatic rings. The summed E-state index contributed by atoms with van der Waals surface area (Å²) in [7, 11) is 0. The molecule has 18 heavy (non-hydrogen) atoms. The van der Waals surface area contributed by atoms with Gasteiger partial charge in [-0.05, 0) is 37.8 Å². The van der Waals surface area contributed by atoms with E-state index >= 15 is 0 Å². The molecule has 98 valence electrons. The molecule has 1 aliphatic rings. The minimum absolute atomic E-state index is 0.0450. The van der Waals surface area contributed by atoms with Gasteiger partial charge in [0.2, 0.25) is 0 Å². The highest BCUT2D eigenvalue weighted by Crippen LogP contribution is 2.28. The van der Waals surface area contributed by atoms with Crippen LogP contribution in [0.25, 0.3) is 0 Å². The van der Waals surface area contributed by atoms with Crippen molar-refractivity contribution in [1.82, 2.24) is 4.98 Å². The topological polar surface area (TPSA) is 74.7 Å². The van der Waals surface area contributed by atoms with Crippen molar-refractivity contribution in [3.05, 3.63) is 24.0 Å². The van der Waals surface area contributed by atoms with Crippen molar-refractivity contribution in [1.29, 1.82) is 0 Å². The minimum Gasteiger partial charge on any atom is -0.409 e. The third-order valence-electron chi connectivity index (χ3n) is 3.57. The number of hydrogen-bond donors (Lipinski definition) is 2. The van der Waals surface area contributed by atoms with Gasteiger partial charge < -0.3 is 15.8 Å². The first-order valence-electron chi connectivity index (χ1n) is 6.43. The highest BCUT2D eigenvalue weighted by Gasteiger charge is 2.20. The Morgan fingerprint density at radius 3 is 2.78 bits per heavy atom. The lowest BCUT2D eigenvalue weighted by Crippen LogP contribution is -2.32. The molecule has 0 saturated heterocycles. The van der Waals surface area contributed by atoms with E-state index in [1.165, 1.54) is 19.3 Å². The number of pyridine rings is 1. The smallest absolute Gasteiger partial charge is 0.188 e. The molecule has 1 saturated carbocycles. The summed E-state index contributed by atoms with van der Waals surface area (Å²) in [5, 5.41) is 11.5. The van der Waals surface area contributed by atoms with Gasteiger partial charge in [0, 0.05) is 13.1 Å². The number of oxime groups is 1. The fourth-order valence-corrected chi connectivity index (χ4v) is 2.18. The van der Waals surface area contributed by atoms with E-state index in [1.54, 1.807) is 12.3 Å². The molecular weight excluding hydrogens is 228 g/mol. The van der Waals surface area contributed by atoms with Crippen molar-refractivity contribution in [3.8, 4) is 0 Å². The quantitative estimate of drug-likeness (QED) is 0.360. The van der Waals surface area contributed by atoms with Crippen molar-refractivity contribution in [2.45, 2.75) is 26.2 Å². The molecule has 0 radical (unpaired) electrons. The lowest BCUT2D eigenvalue weighted by molar-refractivity contribution is 0.318.